The summed E-state index contributed by atoms with van der Waals surface area (Å²) in [5, 5.41) is 8.90. The number of rotatable bonds is 7. The predicted molar refractivity (Wildman–Crippen MR) is 106 cm³/mol. The molecule has 0 saturated carbocycles. The van der Waals surface area contributed by atoms with Gasteiger partial charge in [-0.25, -0.2) is 0 Å². The van der Waals surface area contributed by atoms with Crippen molar-refractivity contribution in [3.8, 4) is 0 Å². The van der Waals surface area contributed by atoms with Crippen molar-refractivity contribution in [1.29, 1.82) is 0 Å². The first kappa shape index (κ1) is 20.8. The molecule has 3 rings (SSSR count). The molecule has 28 heavy (non-hydrogen) atoms. The van der Waals surface area contributed by atoms with Gasteiger partial charge in [0.1, 0.15) is 0 Å². The number of hydrogen-bond donors (Lipinski definition) is 1. The Morgan fingerprint density at radius 2 is 2.00 bits per heavy atom. The number of amides is 1. The lowest BCUT2D eigenvalue weighted by atomic mass is 9.95. The number of carbonyl (C=O) groups is 2. The highest BCUT2D eigenvalue weighted by atomic mass is 16.5. The van der Waals surface area contributed by atoms with E-state index >= 15 is 0 Å². The largest absolute Gasteiger partial charge is 0.480 e. The van der Waals surface area contributed by atoms with Gasteiger partial charge in [-0.2, -0.15) is 0 Å². The maximum Gasteiger partial charge on any atom is 0.317 e. The number of carbonyl (C=O) groups excluding carboxylic acids is 1. The molecule has 2 saturated heterocycles. The van der Waals surface area contributed by atoms with E-state index in [0.29, 0.717) is 26.2 Å². The molecule has 1 aromatic rings. The summed E-state index contributed by atoms with van der Waals surface area (Å²) in [7, 11) is 1.76. The van der Waals surface area contributed by atoms with Crippen LogP contribution in [-0.4, -0.2) is 90.7 Å². The zero-order valence-corrected chi connectivity index (χ0v) is 16.6. The van der Waals surface area contributed by atoms with Crippen LogP contribution in [0.3, 0.4) is 0 Å². The van der Waals surface area contributed by atoms with Crippen LogP contribution in [0, 0.1) is 5.92 Å². The summed E-state index contributed by atoms with van der Waals surface area (Å²) < 4.78 is 5.76. The van der Waals surface area contributed by atoms with E-state index in [1.165, 1.54) is 5.56 Å². The summed E-state index contributed by atoms with van der Waals surface area (Å²) in [4.78, 5) is 30.0. The second-order valence-electron chi connectivity index (χ2n) is 7.93. The summed E-state index contributed by atoms with van der Waals surface area (Å²) >= 11 is 0. The molecule has 0 spiro atoms. The highest BCUT2D eigenvalue weighted by Crippen LogP contribution is 2.22. The zero-order chi connectivity index (χ0) is 19.9. The van der Waals surface area contributed by atoms with Gasteiger partial charge in [0, 0.05) is 32.7 Å². The molecule has 2 atom stereocenters. The zero-order valence-electron chi connectivity index (χ0n) is 16.6. The van der Waals surface area contributed by atoms with E-state index in [4.69, 9.17) is 9.84 Å². The van der Waals surface area contributed by atoms with Crippen LogP contribution in [0.4, 0.5) is 0 Å². The molecule has 2 fully saturated rings. The Kier molecular flexibility index (Phi) is 7.42. The number of nitrogens with zero attached hydrogens (tertiary/aromatic N) is 3. The fourth-order valence-corrected chi connectivity index (χ4v) is 4.17. The quantitative estimate of drug-likeness (QED) is 0.754. The van der Waals surface area contributed by atoms with Crippen molar-refractivity contribution in [2.75, 3.05) is 52.9 Å². The second kappa shape index (κ2) is 10.0. The predicted octanol–water partition coefficient (Wildman–Crippen LogP) is 1.14. The molecule has 7 heteroatoms. The number of hydrogen-bond acceptors (Lipinski definition) is 5. The van der Waals surface area contributed by atoms with Gasteiger partial charge >= 0.3 is 5.97 Å². The monoisotopic (exact) mass is 389 g/mol. The van der Waals surface area contributed by atoms with Crippen LogP contribution in [0.2, 0.25) is 0 Å². The molecule has 154 valence electrons. The van der Waals surface area contributed by atoms with Crippen LogP contribution in [0.25, 0.3) is 0 Å². The molecule has 0 radical (unpaired) electrons. The molecule has 7 nitrogen and oxygen atoms in total. The van der Waals surface area contributed by atoms with Gasteiger partial charge in [0.15, 0.2) is 0 Å². The average molecular weight is 389 g/mol. The van der Waals surface area contributed by atoms with Gasteiger partial charge in [-0.3, -0.25) is 19.4 Å². The summed E-state index contributed by atoms with van der Waals surface area (Å²) in [5.74, 6) is -0.605. The Labute approximate surface area is 166 Å². The molecule has 0 aromatic heterocycles. The Morgan fingerprint density at radius 1 is 1.21 bits per heavy atom. The first-order chi connectivity index (χ1) is 13.5. The van der Waals surface area contributed by atoms with E-state index in [1.54, 1.807) is 11.9 Å². The van der Waals surface area contributed by atoms with Crippen LogP contribution < -0.4 is 0 Å². The number of likely N-dealkylation sites (N-methyl/N-ethyl adjacent to an activating group) is 1. The van der Waals surface area contributed by atoms with Gasteiger partial charge < -0.3 is 14.7 Å². The van der Waals surface area contributed by atoms with Crippen molar-refractivity contribution in [1.82, 2.24) is 14.7 Å². The molecular formula is C21H31N3O4. The second-order valence-corrected chi connectivity index (χ2v) is 7.93. The van der Waals surface area contributed by atoms with Gasteiger partial charge in [-0.05, 0) is 32.0 Å². The Balaban J connectivity index is 1.51. The molecule has 2 aliphatic heterocycles. The van der Waals surface area contributed by atoms with E-state index in [9.17, 15) is 9.59 Å². The minimum absolute atomic E-state index is 0.0229. The van der Waals surface area contributed by atoms with Crippen molar-refractivity contribution in [3.63, 3.8) is 0 Å². The highest BCUT2D eigenvalue weighted by Gasteiger charge is 2.32. The fraction of sp³-hybridized carbons (Fsp3) is 0.619. The lowest BCUT2D eigenvalue weighted by Crippen LogP contribution is -2.53. The van der Waals surface area contributed by atoms with Crippen molar-refractivity contribution < 1.29 is 19.4 Å². The third-order valence-electron chi connectivity index (χ3n) is 5.47. The molecule has 0 bridgehead atoms. The first-order valence-electron chi connectivity index (χ1n) is 10.1. The lowest BCUT2D eigenvalue weighted by Gasteiger charge is -2.39. The third-order valence-corrected chi connectivity index (χ3v) is 5.47. The van der Waals surface area contributed by atoms with E-state index in [0.717, 1.165) is 32.5 Å². The van der Waals surface area contributed by atoms with Gasteiger partial charge in [-0.15, -0.1) is 0 Å². The SMILES string of the molecule is CN(CC(=O)O)C[C@@H]1CN(C(=O)[C@H]2CCCN(Cc3ccccc3)C2)CCO1. The molecular weight excluding hydrogens is 358 g/mol. The van der Waals surface area contributed by atoms with Crippen LogP contribution in [0.1, 0.15) is 18.4 Å². The average Bonchev–Trinajstić information content (AvgIpc) is 2.68. The molecule has 2 aliphatic rings. The van der Waals surface area contributed by atoms with Crippen LogP contribution >= 0.6 is 0 Å². The smallest absolute Gasteiger partial charge is 0.317 e. The van der Waals surface area contributed by atoms with Crippen molar-refractivity contribution in [2.24, 2.45) is 5.92 Å². The maximum atomic E-state index is 13.1. The Hall–Kier alpha value is -1.96. The normalized spacial score (nSPS) is 23.7. The number of ether oxygens (including phenoxy) is 1. The number of likely N-dealkylation sites (tertiary alicyclic amines) is 1. The maximum absolute atomic E-state index is 13.1. The van der Waals surface area contributed by atoms with E-state index in [1.807, 2.05) is 11.0 Å². The number of carboxylic acid groups (broad SMARTS) is 1. The van der Waals surface area contributed by atoms with Crippen LogP contribution in [-0.2, 0) is 20.9 Å². The molecule has 1 aromatic carbocycles. The van der Waals surface area contributed by atoms with Crippen molar-refractivity contribution >= 4 is 11.9 Å². The van der Waals surface area contributed by atoms with E-state index < -0.39 is 5.97 Å². The number of benzene rings is 1. The number of carboxylic acids is 1. The number of morpholine rings is 1. The van der Waals surface area contributed by atoms with Crippen molar-refractivity contribution in [2.45, 2.75) is 25.5 Å². The number of aliphatic carboxylic acids is 1. The lowest BCUT2D eigenvalue weighted by molar-refractivity contribution is -0.146. The van der Waals surface area contributed by atoms with Crippen LogP contribution in [0.15, 0.2) is 30.3 Å². The molecule has 1 N–H and O–H groups in total. The fourth-order valence-electron chi connectivity index (χ4n) is 4.17. The first-order valence-corrected chi connectivity index (χ1v) is 10.1. The Morgan fingerprint density at radius 3 is 2.75 bits per heavy atom. The van der Waals surface area contributed by atoms with Gasteiger partial charge in [0.25, 0.3) is 0 Å². The molecule has 2 heterocycles. The van der Waals surface area contributed by atoms with Gasteiger partial charge in [0.2, 0.25) is 5.91 Å². The van der Waals surface area contributed by atoms with Crippen LogP contribution in [0.5, 0.6) is 0 Å². The molecule has 0 unspecified atom stereocenters. The minimum Gasteiger partial charge on any atom is -0.480 e. The minimum atomic E-state index is -0.855. The summed E-state index contributed by atoms with van der Waals surface area (Å²) in [5.41, 5.74) is 1.28. The van der Waals surface area contributed by atoms with Gasteiger partial charge in [-0.1, -0.05) is 30.3 Å². The van der Waals surface area contributed by atoms with Crippen molar-refractivity contribution in [3.05, 3.63) is 35.9 Å². The molecule has 0 aliphatic carbocycles. The van der Waals surface area contributed by atoms with E-state index in [-0.39, 0.29) is 24.5 Å². The third kappa shape index (κ3) is 6.02. The standard InChI is InChI=1S/C21H31N3O4/c1-22(16-20(25)26)14-19-15-24(10-11-28-19)21(27)18-8-5-9-23(13-18)12-17-6-3-2-4-7-17/h2-4,6-7,18-19H,5,8-16H2,1H3,(H,25,26)/t18-,19+/m0/s1. The topological polar surface area (TPSA) is 73.3 Å². The highest BCUT2D eigenvalue weighted by molar-refractivity contribution is 5.79. The summed E-state index contributed by atoms with van der Waals surface area (Å²) in [6.45, 7) is 4.88. The number of piperidine rings is 1. The molecule has 1 amide bonds. The van der Waals surface area contributed by atoms with E-state index in [2.05, 4.69) is 29.2 Å². The van der Waals surface area contributed by atoms with Gasteiger partial charge in [0.05, 0.1) is 25.2 Å². The summed E-state index contributed by atoms with van der Waals surface area (Å²) in [6, 6.07) is 10.4. The Bertz CT molecular complexity index is 654. The summed E-state index contributed by atoms with van der Waals surface area (Å²) in [6.07, 6.45) is 1.84.